The molecule has 0 aromatic carbocycles. The molecule has 1 N–H and O–H groups in total. The molecular weight excluding hydrogens is 258 g/mol. The summed E-state index contributed by atoms with van der Waals surface area (Å²) in [6.45, 7) is 6.70. The van der Waals surface area contributed by atoms with Crippen molar-refractivity contribution in [3.63, 3.8) is 0 Å². The fraction of sp³-hybridized carbons (Fsp3) is 0.636. The second kappa shape index (κ2) is 5.89. The van der Waals surface area contributed by atoms with Gasteiger partial charge in [-0.25, -0.2) is 0 Å². The van der Waals surface area contributed by atoms with Crippen molar-refractivity contribution in [3.05, 3.63) is 20.8 Å². The molecular formula is C11H18BrNS. The molecule has 0 unspecified atom stereocenters. The molecule has 1 aromatic heterocycles. The van der Waals surface area contributed by atoms with Crippen molar-refractivity contribution in [1.29, 1.82) is 0 Å². The lowest BCUT2D eigenvalue weighted by Crippen LogP contribution is -2.29. The molecule has 0 bridgehead atoms. The van der Waals surface area contributed by atoms with Crippen LogP contribution in [0.15, 0.2) is 15.9 Å². The minimum absolute atomic E-state index is 0.469. The van der Waals surface area contributed by atoms with Crippen molar-refractivity contribution in [2.45, 2.75) is 45.7 Å². The lowest BCUT2D eigenvalue weighted by atomic mass is 10.1. The van der Waals surface area contributed by atoms with Crippen molar-refractivity contribution < 1.29 is 0 Å². The highest BCUT2D eigenvalue weighted by Gasteiger charge is 2.11. The minimum Gasteiger partial charge on any atom is -0.307 e. The molecule has 1 nitrogen and oxygen atoms in total. The molecule has 0 saturated carbocycles. The Kier molecular flexibility index (Phi) is 5.13. The third kappa shape index (κ3) is 3.37. The number of thiophene rings is 1. The van der Waals surface area contributed by atoms with Crippen LogP contribution in [0.1, 0.15) is 44.5 Å². The summed E-state index contributed by atoms with van der Waals surface area (Å²) in [5, 5.41) is 3.64. The SMILES string of the molecule is CCC(CC)N[C@H](C)c1ccc(Br)s1. The second-order valence-electron chi connectivity index (χ2n) is 3.54. The summed E-state index contributed by atoms with van der Waals surface area (Å²) in [5.41, 5.74) is 0. The molecule has 1 atom stereocenters. The molecule has 0 aliphatic heterocycles. The Morgan fingerprint density at radius 1 is 1.36 bits per heavy atom. The molecule has 14 heavy (non-hydrogen) atoms. The Hall–Kier alpha value is 0.140. The van der Waals surface area contributed by atoms with E-state index in [4.69, 9.17) is 0 Å². The normalized spacial score (nSPS) is 13.5. The smallest absolute Gasteiger partial charge is 0.0701 e. The second-order valence-corrected chi connectivity index (χ2v) is 6.04. The third-order valence-electron chi connectivity index (χ3n) is 2.49. The van der Waals surface area contributed by atoms with E-state index in [1.54, 1.807) is 0 Å². The van der Waals surface area contributed by atoms with Crippen LogP contribution in [-0.4, -0.2) is 6.04 Å². The van der Waals surface area contributed by atoms with Gasteiger partial charge in [0, 0.05) is 17.0 Å². The average molecular weight is 276 g/mol. The van der Waals surface area contributed by atoms with Crippen LogP contribution >= 0.6 is 27.3 Å². The first-order chi connectivity index (χ1) is 6.67. The highest BCUT2D eigenvalue weighted by molar-refractivity contribution is 9.11. The van der Waals surface area contributed by atoms with Gasteiger partial charge in [-0.15, -0.1) is 11.3 Å². The topological polar surface area (TPSA) is 12.0 Å². The summed E-state index contributed by atoms with van der Waals surface area (Å²) in [6.07, 6.45) is 2.40. The Bertz CT molecular complexity index is 268. The molecule has 1 heterocycles. The average Bonchev–Trinajstić information content (AvgIpc) is 2.61. The predicted octanol–water partition coefficient (Wildman–Crippen LogP) is 4.35. The van der Waals surface area contributed by atoms with Gasteiger partial charge in [0.1, 0.15) is 0 Å². The number of hydrogen-bond acceptors (Lipinski definition) is 2. The van der Waals surface area contributed by atoms with E-state index in [1.807, 2.05) is 11.3 Å². The van der Waals surface area contributed by atoms with Crippen molar-refractivity contribution in [3.8, 4) is 0 Å². The first-order valence-corrected chi connectivity index (χ1v) is 6.79. The molecule has 0 radical (unpaired) electrons. The molecule has 0 aliphatic rings. The molecule has 0 spiro atoms. The first kappa shape index (κ1) is 12.2. The fourth-order valence-electron chi connectivity index (χ4n) is 1.52. The molecule has 0 aliphatic carbocycles. The van der Waals surface area contributed by atoms with Crippen molar-refractivity contribution in [1.82, 2.24) is 5.32 Å². The van der Waals surface area contributed by atoms with Gasteiger partial charge in [-0.05, 0) is 47.8 Å². The van der Waals surface area contributed by atoms with Gasteiger partial charge >= 0.3 is 0 Å². The summed E-state index contributed by atoms with van der Waals surface area (Å²) < 4.78 is 1.21. The number of rotatable bonds is 5. The van der Waals surface area contributed by atoms with E-state index in [0.717, 1.165) is 0 Å². The molecule has 3 heteroatoms. The quantitative estimate of drug-likeness (QED) is 0.843. The van der Waals surface area contributed by atoms with Crippen LogP contribution in [0.2, 0.25) is 0 Å². The molecule has 1 rings (SSSR count). The van der Waals surface area contributed by atoms with Crippen molar-refractivity contribution >= 4 is 27.3 Å². The van der Waals surface area contributed by atoms with Gasteiger partial charge in [-0.2, -0.15) is 0 Å². The summed E-state index contributed by atoms with van der Waals surface area (Å²) in [6, 6.07) is 5.42. The van der Waals surface area contributed by atoms with Gasteiger partial charge in [0.15, 0.2) is 0 Å². The van der Waals surface area contributed by atoms with Gasteiger partial charge in [-0.1, -0.05) is 13.8 Å². The van der Waals surface area contributed by atoms with Gasteiger partial charge < -0.3 is 5.32 Å². The van der Waals surface area contributed by atoms with Crippen LogP contribution in [0, 0.1) is 0 Å². The zero-order chi connectivity index (χ0) is 10.6. The van der Waals surface area contributed by atoms with E-state index in [2.05, 4.69) is 54.2 Å². The summed E-state index contributed by atoms with van der Waals surface area (Å²) >= 11 is 5.30. The fourth-order valence-corrected chi connectivity index (χ4v) is 2.96. The zero-order valence-electron chi connectivity index (χ0n) is 9.01. The maximum Gasteiger partial charge on any atom is 0.0701 e. The lowest BCUT2D eigenvalue weighted by molar-refractivity contribution is 0.436. The highest BCUT2D eigenvalue weighted by atomic mass is 79.9. The van der Waals surface area contributed by atoms with Crippen LogP contribution in [0.4, 0.5) is 0 Å². The number of hydrogen-bond donors (Lipinski definition) is 1. The summed E-state index contributed by atoms with van der Waals surface area (Å²) in [7, 11) is 0. The number of nitrogens with one attached hydrogen (secondary N) is 1. The Morgan fingerprint density at radius 2 is 2.00 bits per heavy atom. The maximum atomic E-state index is 3.64. The molecule has 0 saturated heterocycles. The lowest BCUT2D eigenvalue weighted by Gasteiger charge is -2.19. The van der Waals surface area contributed by atoms with E-state index in [-0.39, 0.29) is 0 Å². The molecule has 80 valence electrons. The monoisotopic (exact) mass is 275 g/mol. The van der Waals surface area contributed by atoms with Crippen LogP contribution in [0.25, 0.3) is 0 Å². The summed E-state index contributed by atoms with van der Waals surface area (Å²) in [4.78, 5) is 1.41. The molecule has 0 fully saturated rings. The Balaban J connectivity index is 2.53. The van der Waals surface area contributed by atoms with Crippen molar-refractivity contribution in [2.75, 3.05) is 0 Å². The Morgan fingerprint density at radius 3 is 2.43 bits per heavy atom. The third-order valence-corrected chi connectivity index (χ3v) is 4.30. The van der Waals surface area contributed by atoms with Gasteiger partial charge in [0.2, 0.25) is 0 Å². The van der Waals surface area contributed by atoms with Crippen LogP contribution in [0.5, 0.6) is 0 Å². The van der Waals surface area contributed by atoms with Gasteiger partial charge in [-0.3, -0.25) is 0 Å². The van der Waals surface area contributed by atoms with E-state index >= 15 is 0 Å². The standard InChI is InChI=1S/C11H18BrNS/c1-4-9(5-2)13-8(3)10-6-7-11(12)14-10/h6-9,13H,4-5H2,1-3H3/t8-/m1/s1. The van der Waals surface area contributed by atoms with Crippen molar-refractivity contribution in [2.24, 2.45) is 0 Å². The molecule has 0 amide bonds. The highest BCUT2D eigenvalue weighted by Crippen LogP contribution is 2.27. The Labute approximate surface area is 99.0 Å². The maximum absolute atomic E-state index is 3.64. The van der Waals surface area contributed by atoms with Crippen LogP contribution in [-0.2, 0) is 0 Å². The van der Waals surface area contributed by atoms with Gasteiger partial charge in [0.05, 0.1) is 3.79 Å². The first-order valence-electron chi connectivity index (χ1n) is 5.18. The van der Waals surface area contributed by atoms with Crippen LogP contribution in [0.3, 0.4) is 0 Å². The van der Waals surface area contributed by atoms with Gasteiger partial charge in [0.25, 0.3) is 0 Å². The minimum atomic E-state index is 0.469. The van der Waals surface area contributed by atoms with E-state index in [1.165, 1.54) is 21.5 Å². The van der Waals surface area contributed by atoms with E-state index < -0.39 is 0 Å². The predicted molar refractivity (Wildman–Crippen MR) is 67.9 cm³/mol. The molecule has 1 aromatic rings. The van der Waals surface area contributed by atoms with E-state index in [9.17, 15) is 0 Å². The van der Waals surface area contributed by atoms with E-state index in [0.29, 0.717) is 12.1 Å². The van der Waals surface area contributed by atoms with Crippen LogP contribution < -0.4 is 5.32 Å². The summed E-state index contributed by atoms with van der Waals surface area (Å²) in [5.74, 6) is 0. The number of halogens is 1. The zero-order valence-corrected chi connectivity index (χ0v) is 11.4. The largest absolute Gasteiger partial charge is 0.307 e.